The van der Waals surface area contributed by atoms with E-state index in [-0.39, 0.29) is 17.7 Å². The normalized spacial score (nSPS) is 22.6. The molecule has 0 N–H and O–H groups in total. The van der Waals surface area contributed by atoms with Gasteiger partial charge in [-0.05, 0) is 32.8 Å². The maximum absolute atomic E-state index is 13.8. The van der Waals surface area contributed by atoms with Gasteiger partial charge in [0, 0.05) is 25.1 Å². The molecule has 0 aliphatic carbocycles. The summed E-state index contributed by atoms with van der Waals surface area (Å²) >= 11 is 0. The number of hydrogen-bond donors (Lipinski definition) is 0. The lowest BCUT2D eigenvalue weighted by Crippen LogP contribution is -2.47. The number of aromatic nitrogens is 3. The molecule has 3 heterocycles. The van der Waals surface area contributed by atoms with Gasteiger partial charge in [-0.3, -0.25) is 4.79 Å². The average Bonchev–Trinajstić information content (AvgIpc) is 3.18. The minimum absolute atomic E-state index is 0.0743. The number of rotatable bonds is 2. The number of hydrogen-bond acceptors (Lipinski definition) is 4. The summed E-state index contributed by atoms with van der Waals surface area (Å²) in [5.74, 6) is 1.35. The van der Waals surface area contributed by atoms with E-state index in [1.807, 2.05) is 29.5 Å². The van der Waals surface area contributed by atoms with Gasteiger partial charge in [0.1, 0.15) is 11.6 Å². The summed E-state index contributed by atoms with van der Waals surface area (Å²) in [6.45, 7) is 5.08. The summed E-state index contributed by atoms with van der Waals surface area (Å²) in [5.41, 5.74) is 0.759. The van der Waals surface area contributed by atoms with E-state index in [1.54, 1.807) is 6.07 Å². The lowest BCUT2D eigenvalue weighted by molar-refractivity contribution is -0.139. The molecule has 1 aromatic heterocycles. The topological polar surface area (TPSA) is 60.2 Å². The molecule has 0 spiro atoms. The van der Waals surface area contributed by atoms with Gasteiger partial charge in [-0.2, -0.15) is 5.10 Å². The first-order valence-corrected chi connectivity index (χ1v) is 8.65. The molecule has 0 radical (unpaired) electrons. The molecule has 6 nitrogen and oxygen atoms in total. The predicted octanol–water partition coefficient (Wildman–Crippen LogP) is 2.20. The van der Waals surface area contributed by atoms with Crippen molar-refractivity contribution in [3.8, 4) is 5.75 Å². The molecule has 4 rings (SSSR count). The molecule has 1 amide bonds. The predicted molar refractivity (Wildman–Crippen MR) is 88.9 cm³/mol. The minimum Gasteiger partial charge on any atom is -0.477 e. The van der Waals surface area contributed by atoms with Crippen LogP contribution >= 0.6 is 0 Å². The number of nitrogens with zero attached hydrogens (tertiary/aromatic N) is 4. The van der Waals surface area contributed by atoms with E-state index < -0.39 is 11.9 Å². The van der Waals surface area contributed by atoms with Gasteiger partial charge >= 0.3 is 0 Å². The quantitative estimate of drug-likeness (QED) is 0.838. The van der Waals surface area contributed by atoms with Crippen molar-refractivity contribution in [2.24, 2.45) is 0 Å². The fourth-order valence-electron chi connectivity index (χ4n) is 3.81. The van der Waals surface area contributed by atoms with Gasteiger partial charge in [0.2, 0.25) is 0 Å². The average molecular weight is 344 g/mol. The molecule has 132 valence electrons. The van der Waals surface area contributed by atoms with E-state index in [0.29, 0.717) is 19.5 Å². The Morgan fingerprint density at radius 1 is 1.36 bits per heavy atom. The first-order chi connectivity index (χ1) is 12.0. The molecule has 25 heavy (non-hydrogen) atoms. The SMILES string of the molecule is Cc1nc(C)n([C@@H]2CCCN(C(=O)[C@H]3Cc4cccc(F)c4O3)C2)n1. The number of ether oxygens (including phenoxy) is 1. The summed E-state index contributed by atoms with van der Waals surface area (Å²) in [6.07, 6.45) is 1.66. The van der Waals surface area contributed by atoms with Gasteiger partial charge < -0.3 is 9.64 Å². The number of carbonyl (C=O) groups is 1. The third-order valence-electron chi connectivity index (χ3n) is 4.95. The van der Waals surface area contributed by atoms with Gasteiger partial charge in [-0.15, -0.1) is 0 Å². The fraction of sp³-hybridized carbons (Fsp3) is 0.500. The van der Waals surface area contributed by atoms with Crippen LogP contribution in [0.3, 0.4) is 0 Å². The van der Waals surface area contributed by atoms with Gasteiger partial charge in [-0.25, -0.2) is 14.1 Å². The number of aryl methyl sites for hydroxylation is 2. The van der Waals surface area contributed by atoms with E-state index in [4.69, 9.17) is 4.74 Å². The number of likely N-dealkylation sites (tertiary alicyclic amines) is 1. The van der Waals surface area contributed by atoms with E-state index in [0.717, 1.165) is 30.1 Å². The van der Waals surface area contributed by atoms with Gasteiger partial charge in [0.05, 0.1) is 6.04 Å². The lowest BCUT2D eigenvalue weighted by atomic mass is 10.0. The van der Waals surface area contributed by atoms with Crippen LogP contribution in [0.5, 0.6) is 5.75 Å². The zero-order valence-corrected chi connectivity index (χ0v) is 14.4. The summed E-state index contributed by atoms with van der Waals surface area (Å²) in [5, 5.41) is 4.46. The highest BCUT2D eigenvalue weighted by Gasteiger charge is 2.36. The van der Waals surface area contributed by atoms with Crippen LogP contribution in [0.4, 0.5) is 4.39 Å². The van der Waals surface area contributed by atoms with Crippen LogP contribution in [-0.4, -0.2) is 44.8 Å². The molecule has 0 bridgehead atoms. The molecule has 1 fully saturated rings. The van der Waals surface area contributed by atoms with Crippen LogP contribution in [0.25, 0.3) is 0 Å². The Kier molecular flexibility index (Phi) is 3.94. The third kappa shape index (κ3) is 2.88. The Morgan fingerprint density at radius 3 is 2.92 bits per heavy atom. The molecular formula is C18H21FN4O2. The van der Waals surface area contributed by atoms with Crippen molar-refractivity contribution in [2.45, 2.75) is 45.3 Å². The highest BCUT2D eigenvalue weighted by atomic mass is 19.1. The molecule has 2 aliphatic rings. The van der Waals surface area contributed by atoms with Gasteiger partial charge in [0.15, 0.2) is 17.7 Å². The van der Waals surface area contributed by atoms with Crippen LogP contribution in [0, 0.1) is 19.7 Å². The number of halogens is 1. The van der Waals surface area contributed by atoms with Crippen LogP contribution in [0.1, 0.15) is 36.1 Å². The maximum atomic E-state index is 13.8. The van der Waals surface area contributed by atoms with E-state index >= 15 is 0 Å². The van der Waals surface area contributed by atoms with E-state index in [1.165, 1.54) is 6.07 Å². The highest BCUT2D eigenvalue weighted by molar-refractivity contribution is 5.82. The number of para-hydroxylation sites is 1. The molecule has 1 saturated heterocycles. The Morgan fingerprint density at radius 2 is 2.20 bits per heavy atom. The Balaban J connectivity index is 1.48. The largest absolute Gasteiger partial charge is 0.477 e. The lowest BCUT2D eigenvalue weighted by Gasteiger charge is -2.34. The van der Waals surface area contributed by atoms with Crippen molar-refractivity contribution in [2.75, 3.05) is 13.1 Å². The van der Waals surface area contributed by atoms with E-state index in [2.05, 4.69) is 10.1 Å². The standard InChI is InChI=1S/C18H21FN4O2/c1-11-20-12(2)23(21-11)14-6-4-8-22(10-14)18(24)16-9-13-5-3-7-15(19)17(13)25-16/h3,5,7,14,16H,4,6,8-10H2,1-2H3/t14-,16-/m1/s1. The zero-order chi connectivity index (χ0) is 17.6. The Labute approximate surface area is 145 Å². The fourth-order valence-corrected chi connectivity index (χ4v) is 3.81. The summed E-state index contributed by atoms with van der Waals surface area (Å²) in [7, 11) is 0. The van der Waals surface area contributed by atoms with Crippen LogP contribution < -0.4 is 4.74 Å². The number of piperidine rings is 1. The molecule has 2 aromatic rings. The molecule has 0 unspecified atom stereocenters. The van der Waals surface area contributed by atoms with Crippen LogP contribution in [0.2, 0.25) is 0 Å². The zero-order valence-electron chi connectivity index (χ0n) is 14.4. The third-order valence-corrected chi connectivity index (χ3v) is 4.95. The first kappa shape index (κ1) is 16.1. The summed E-state index contributed by atoms with van der Waals surface area (Å²) < 4.78 is 21.4. The van der Waals surface area contributed by atoms with E-state index in [9.17, 15) is 9.18 Å². The molecular weight excluding hydrogens is 323 g/mol. The van der Waals surface area contributed by atoms with Crippen LogP contribution in [0.15, 0.2) is 18.2 Å². The van der Waals surface area contributed by atoms with Crippen molar-refractivity contribution in [1.29, 1.82) is 0 Å². The molecule has 1 aromatic carbocycles. The van der Waals surface area contributed by atoms with Crippen molar-refractivity contribution in [1.82, 2.24) is 19.7 Å². The Hall–Kier alpha value is -2.44. The molecule has 2 aliphatic heterocycles. The van der Waals surface area contributed by atoms with Crippen LogP contribution in [-0.2, 0) is 11.2 Å². The number of fused-ring (bicyclic) bond motifs is 1. The second-order valence-electron chi connectivity index (χ2n) is 6.77. The second-order valence-corrected chi connectivity index (χ2v) is 6.77. The summed E-state index contributed by atoms with van der Waals surface area (Å²) in [4.78, 5) is 19.1. The van der Waals surface area contributed by atoms with Gasteiger partial charge in [0.25, 0.3) is 5.91 Å². The van der Waals surface area contributed by atoms with Gasteiger partial charge in [-0.1, -0.05) is 12.1 Å². The summed E-state index contributed by atoms with van der Waals surface area (Å²) in [6, 6.07) is 4.95. The monoisotopic (exact) mass is 344 g/mol. The molecule has 2 atom stereocenters. The molecule has 0 saturated carbocycles. The highest BCUT2D eigenvalue weighted by Crippen LogP contribution is 2.33. The minimum atomic E-state index is -0.635. The number of carbonyl (C=O) groups excluding carboxylic acids is 1. The number of benzene rings is 1. The Bertz CT molecular complexity index is 819. The van der Waals surface area contributed by atoms with Crippen molar-refractivity contribution >= 4 is 5.91 Å². The first-order valence-electron chi connectivity index (χ1n) is 8.65. The smallest absolute Gasteiger partial charge is 0.264 e. The number of amides is 1. The molecule has 7 heteroatoms. The van der Waals surface area contributed by atoms with Crippen molar-refractivity contribution in [3.05, 3.63) is 41.2 Å². The van der Waals surface area contributed by atoms with Crippen molar-refractivity contribution < 1.29 is 13.9 Å². The maximum Gasteiger partial charge on any atom is 0.264 e. The van der Waals surface area contributed by atoms with Crippen molar-refractivity contribution in [3.63, 3.8) is 0 Å². The second kappa shape index (κ2) is 6.13.